The molecule has 0 aliphatic heterocycles. The van der Waals surface area contributed by atoms with Gasteiger partial charge in [0.2, 0.25) is 21.8 Å². The molecule has 2 amide bonds. The van der Waals surface area contributed by atoms with Crippen LogP contribution in [0.15, 0.2) is 36.4 Å². The summed E-state index contributed by atoms with van der Waals surface area (Å²) in [5.74, 6) is -0.840. The molecular formula is C26H35Cl2N3O4S. The Hall–Kier alpha value is -2.29. The Morgan fingerprint density at radius 3 is 2.11 bits per heavy atom. The maximum atomic E-state index is 13.8. The van der Waals surface area contributed by atoms with E-state index in [1.54, 1.807) is 37.3 Å². The molecule has 0 aliphatic rings. The lowest BCUT2D eigenvalue weighted by Crippen LogP contribution is -2.52. The SMILES string of the molecule is CCCCNC(=O)[C@H](CC)N(Cc1c(Cl)cccc1Cl)C(=O)CN(c1cc(C)cc(C)c1)S(C)(=O)=O. The third-order valence-electron chi connectivity index (χ3n) is 5.78. The van der Waals surface area contributed by atoms with Crippen LogP contribution in [0.2, 0.25) is 10.0 Å². The first-order valence-corrected chi connectivity index (χ1v) is 14.6. The Balaban J connectivity index is 2.49. The van der Waals surface area contributed by atoms with E-state index in [2.05, 4.69) is 5.32 Å². The number of halogens is 2. The molecule has 0 fully saturated rings. The molecule has 0 saturated heterocycles. The van der Waals surface area contributed by atoms with Gasteiger partial charge in [0, 0.05) is 28.7 Å². The van der Waals surface area contributed by atoms with Gasteiger partial charge in [0.15, 0.2) is 0 Å². The van der Waals surface area contributed by atoms with Crippen LogP contribution in [-0.4, -0.2) is 50.5 Å². The minimum absolute atomic E-state index is 0.0402. The maximum absolute atomic E-state index is 13.8. The smallest absolute Gasteiger partial charge is 0.244 e. The van der Waals surface area contributed by atoms with Crippen molar-refractivity contribution in [1.29, 1.82) is 0 Å². The zero-order valence-corrected chi connectivity index (χ0v) is 23.8. The monoisotopic (exact) mass is 555 g/mol. The minimum Gasteiger partial charge on any atom is -0.354 e. The summed E-state index contributed by atoms with van der Waals surface area (Å²) >= 11 is 12.8. The zero-order valence-electron chi connectivity index (χ0n) is 21.5. The summed E-state index contributed by atoms with van der Waals surface area (Å²) in [6.45, 7) is 7.52. The fraction of sp³-hybridized carbons (Fsp3) is 0.462. The van der Waals surface area contributed by atoms with Crippen molar-refractivity contribution in [2.24, 2.45) is 0 Å². The van der Waals surface area contributed by atoms with Gasteiger partial charge >= 0.3 is 0 Å². The van der Waals surface area contributed by atoms with Crippen molar-refractivity contribution in [2.45, 2.75) is 59.5 Å². The van der Waals surface area contributed by atoms with Crippen LogP contribution >= 0.6 is 23.2 Å². The average molecular weight is 557 g/mol. The van der Waals surface area contributed by atoms with Crippen molar-refractivity contribution >= 4 is 50.7 Å². The second-order valence-corrected chi connectivity index (χ2v) is 11.6. The molecule has 2 rings (SSSR count). The quantitative estimate of drug-likeness (QED) is 0.369. The van der Waals surface area contributed by atoms with E-state index >= 15 is 0 Å². The van der Waals surface area contributed by atoms with Gasteiger partial charge in [0.05, 0.1) is 11.9 Å². The summed E-state index contributed by atoms with van der Waals surface area (Å²) in [6, 6.07) is 9.53. The van der Waals surface area contributed by atoms with E-state index in [0.717, 1.165) is 34.5 Å². The molecule has 7 nitrogen and oxygen atoms in total. The van der Waals surface area contributed by atoms with E-state index < -0.39 is 28.5 Å². The highest BCUT2D eigenvalue weighted by Gasteiger charge is 2.32. The Labute approximate surface area is 224 Å². The number of hydrogen-bond donors (Lipinski definition) is 1. The van der Waals surface area contributed by atoms with Crippen molar-refractivity contribution in [3.05, 3.63) is 63.1 Å². The number of benzene rings is 2. The molecule has 0 spiro atoms. The van der Waals surface area contributed by atoms with Crippen molar-refractivity contribution in [2.75, 3.05) is 23.7 Å². The number of amides is 2. The van der Waals surface area contributed by atoms with E-state index in [9.17, 15) is 18.0 Å². The first-order chi connectivity index (χ1) is 16.9. The molecule has 198 valence electrons. The summed E-state index contributed by atoms with van der Waals surface area (Å²) < 4.78 is 26.6. The Morgan fingerprint density at radius 2 is 1.61 bits per heavy atom. The van der Waals surface area contributed by atoms with Gasteiger partial charge in [-0.15, -0.1) is 0 Å². The van der Waals surface area contributed by atoms with Crippen LogP contribution in [0.4, 0.5) is 5.69 Å². The number of carbonyl (C=O) groups is 2. The average Bonchev–Trinajstić information content (AvgIpc) is 2.77. The maximum Gasteiger partial charge on any atom is 0.244 e. The number of rotatable bonds is 12. The number of unbranched alkanes of at least 4 members (excludes halogenated alkanes) is 1. The molecule has 0 radical (unpaired) electrons. The number of aryl methyl sites for hydroxylation is 2. The molecule has 0 saturated carbocycles. The van der Waals surface area contributed by atoms with Crippen LogP contribution in [0.25, 0.3) is 0 Å². The van der Waals surface area contributed by atoms with Gasteiger partial charge in [-0.25, -0.2) is 8.42 Å². The Morgan fingerprint density at radius 1 is 1.03 bits per heavy atom. The third-order valence-corrected chi connectivity index (χ3v) is 7.63. The van der Waals surface area contributed by atoms with Crippen molar-refractivity contribution in [1.82, 2.24) is 10.2 Å². The number of nitrogens with one attached hydrogen (secondary N) is 1. The van der Waals surface area contributed by atoms with E-state index in [-0.39, 0.29) is 12.5 Å². The second kappa shape index (κ2) is 13.3. The third kappa shape index (κ3) is 8.11. The first kappa shape index (κ1) is 29.9. The van der Waals surface area contributed by atoms with Crippen LogP contribution in [0.1, 0.15) is 49.8 Å². The van der Waals surface area contributed by atoms with E-state index in [0.29, 0.717) is 34.3 Å². The highest BCUT2D eigenvalue weighted by Crippen LogP contribution is 2.28. The summed E-state index contributed by atoms with van der Waals surface area (Å²) in [5.41, 5.74) is 2.62. The summed E-state index contributed by atoms with van der Waals surface area (Å²) in [5, 5.41) is 3.60. The topological polar surface area (TPSA) is 86.8 Å². The van der Waals surface area contributed by atoms with E-state index in [1.165, 1.54) is 4.90 Å². The molecule has 0 bridgehead atoms. The van der Waals surface area contributed by atoms with Gasteiger partial charge in [0.1, 0.15) is 12.6 Å². The molecule has 2 aromatic rings. The van der Waals surface area contributed by atoms with Gasteiger partial charge in [-0.1, -0.05) is 55.6 Å². The fourth-order valence-electron chi connectivity index (χ4n) is 3.99. The van der Waals surface area contributed by atoms with Gasteiger partial charge in [0.25, 0.3) is 0 Å². The van der Waals surface area contributed by atoms with Crippen molar-refractivity contribution < 1.29 is 18.0 Å². The molecule has 0 aliphatic carbocycles. The molecule has 0 heterocycles. The van der Waals surface area contributed by atoms with Gasteiger partial charge in [-0.3, -0.25) is 13.9 Å². The summed E-state index contributed by atoms with van der Waals surface area (Å²) in [7, 11) is -3.81. The molecule has 10 heteroatoms. The van der Waals surface area contributed by atoms with Crippen LogP contribution in [0, 0.1) is 13.8 Å². The molecule has 2 aromatic carbocycles. The number of anilines is 1. The molecule has 0 aromatic heterocycles. The Kier molecular flexibility index (Phi) is 11.1. The number of sulfonamides is 1. The van der Waals surface area contributed by atoms with Crippen LogP contribution in [-0.2, 0) is 26.2 Å². The lowest BCUT2D eigenvalue weighted by molar-refractivity contribution is -0.140. The lowest BCUT2D eigenvalue weighted by Gasteiger charge is -2.33. The highest BCUT2D eigenvalue weighted by atomic mass is 35.5. The summed E-state index contributed by atoms with van der Waals surface area (Å²) in [4.78, 5) is 28.2. The minimum atomic E-state index is -3.81. The second-order valence-electron chi connectivity index (χ2n) is 8.91. The van der Waals surface area contributed by atoms with Crippen molar-refractivity contribution in [3.63, 3.8) is 0 Å². The van der Waals surface area contributed by atoms with Crippen LogP contribution in [0.3, 0.4) is 0 Å². The van der Waals surface area contributed by atoms with E-state index in [1.807, 2.05) is 26.8 Å². The number of carbonyl (C=O) groups excluding carboxylic acids is 2. The van der Waals surface area contributed by atoms with Crippen LogP contribution in [0.5, 0.6) is 0 Å². The molecule has 36 heavy (non-hydrogen) atoms. The van der Waals surface area contributed by atoms with Gasteiger partial charge < -0.3 is 10.2 Å². The normalized spacial score (nSPS) is 12.2. The lowest BCUT2D eigenvalue weighted by atomic mass is 10.1. The van der Waals surface area contributed by atoms with E-state index in [4.69, 9.17) is 23.2 Å². The van der Waals surface area contributed by atoms with Crippen molar-refractivity contribution in [3.8, 4) is 0 Å². The highest BCUT2D eigenvalue weighted by molar-refractivity contribution is 7.92. The summed E-state index contributed by atoms with van der Waals surface area (Å²) in [6.07, 6.45) is 3.10. The molecule has 1 N–H and O–H groups in total. The first-order valence-electron chi connectivity index (χ1n) is 11.9. The molecular weight excluding hydrogens is 521 g/mol. The zero-order chi connectivity index (χ0) is 27.0. The number of nitrogens with zero attached hydrogens (tertiary/aromatic N) is 2. The van der Waals surface area contributed by atoms with Crippen LogP contribution < -0.4 is 9.62 Å². The van der Waals surface area contributed by atoms with Gasteiger partial charge in [-0.05, 0) is 62.1 Å². The number of hydrogen-bond acceptors (Lipinski definition) is 4. The molecule has 1 atom stereocenters. The predicted octanol–water partition coefficient (Wildman–Crippen LogP) is 5.10. The molecule has 0 unspecified atom stereocenters. The Bertz CT molecular complexity index is 1150. The van der Waals surface area contributed by atoms with Gasteiger partial charge in [-0.2, -0.15) is 0 Å². The standard InChI is InChI=1S/C26H35Cl2N3O4S/c1-6-8-12-29-26(33)24(7-2)30(16-21-22(27)10-9-11-23(21)28)25(32)17-31(36(5,34)35)20-14-18(3)13-19(4)15-20/h9-11,13-15,24H,6-8,12,16-17H2,1-5H3,(H,29,33)/t24-/m0/s1. The fourth-order valence-corrected chi connectivity index (χ4v) is 5.34. The predicted molar refractivity (Wildman–Crippen MR) is 147 cm³/mol. The largest absolute Gasteiger partial charge is 0.354 e.